The van der Waals surface area contributed by atoms with Crippen molar-refractivity contribution in [2.75, 3.05) is 6.54 Å². The van der Waals surface area contributed by atoms with Crippen LogP contribution in [-0.2, 0) is 15.4 Å². The van der Waals surface area contributed by atoms with Crippen molar-refractivity contribution in [3.63, 3.8) is 0 Å². The third-order valence-corrected chi connectivity index (χ3v) is 6.08. The monoisotopic (exact) mass is 337 g/mol. The normalized spacial score (nSPS) is 12.3. The Bertz CT molecular complexity index is 762. The van der Waals surface area contributed by atoms with Crippen LogP contribution in [0, 0.1) is 0 Å². The minimum atomic E-state index is -3.64. The molecule has 1 aromatic carbocycles. The molecule has 6 heteroatoms. The largest absolute Gasteiger partial charge is 0.295 e. The Balaban J connectivity index is 2.18. The van der Waals surface area contributed by atoms with Gasteiger partial charge in [-0.1, -0.05) is 32.0 Å². The first-order valence-corrected chi connectivity index (χ1v) is 9.23. The molecule has 0 atom stereocenters. The molecule has 0 radical (unpaired) electrons. The van der Waals surface area contributed by atoms with Gasteiger partial charge in [0.1, 0.15) is 0 Å². The van der Waals surface area contributed by atoms with Gasteiger partial charge in [0.05, 0.1) is 4.90 Å². The molecule has 0 aliphatic carbocycles. The summed E-state index contributed by atoms with van der Waals surface area (Å²) < 4.78 is 27.4. The fourth-order valence-corrected chi connectivity index (χ4v) is 4.10. The summed E-state index contributed by atoms with van der Waals surface area (Å²) in [5.74, 6) is -0.157. The predicted octanol–water partition coefficient (Wildman–Crippen LogP) is 3.21. The molecule has 0 bridgehead atoms. The van der Waals surface area contributed by atoms with Crippen LogP contribution in [0.3, 0.4) is 0 Å². The number of carbonyl (C=O) groups excluding carboxylic acids is 1. The number of ketones is 1. The quantitative estimate of drug-likeness (QED) is 0.823. The Morgan fingerprint density at radius 3 is 2.55 bits per heavy atom. The van der Waals surface area contributed by atoms with Crippen molar-refractivity contribution in [2.45, 2.75) is 31.1 Å². The molecule has 1 aromatic heterocycles. The van der Waals surface area contributed by atoms with E-state index < -0.39 is 10.0 Å². The summed E-state index contributed by atoms with van der Waals surface area (Å²) in [6.07, 6.45) is 0. The molecule has 4 nitrogen and oxygen atoms in total. The van der Waals surface area contributed by atoms with Crippen molar-refractivity contribution >= 4 is 27.1 Å². The highest BCUT2D eigenvalue weighted by Gasteiger charge is 2.25. The molecule has 0 spiro atoms. The summed E-state index contributed by atoms with van der Waals surface area (Å²) >= 11 is 1.60. The molecule has 0 fully saturated rings. The van der Waals surface area contributed by atoms with Crippen molar-refractivity contribution in [3.8, 4) is 0 Å². The van der Waals surface area contributed by atoms with E-state index in [1.165, 1.54) is 19.1 Å². The Labute approximate surface area is 135 Å². The summed E-state index contributed by atoms with van der Waals surface area (Å²) in [5, 5.41) is 1.97. The van der Waals surface area contributed by atoms with Gasteiger partial charge in [-0.05, 0) is 30.5 Å². The molecule has 1 N–H and O–H groups in total. The molecule has 2 rings (SSSR count). The summed E-state index contributed by atoms with van der Waals surface area (Å²) in [4.78, 5) is 12.6. The number of benzene rings is 1. The van der Waals surface area contributed by atoms with Gasteiger partial charge in [-0.3, -0.25) is 4.79 Å². The van der Waals surface area contributed by atoms with E-state index in [1.54, 1.807) is 23.5 Å². The molecule has 0 saturated carbocycles. The second kappa shape index (κ2) is 6.32. The number of thiophene rings is 1. The standard InChI is InChI=1S/C16H19NO3S2/c1-12(18)13-6-4-7-14(10-13)22(19,20)17-11-16(2,3)15-8-5-9-21-15/h4-10,17H,11H2,1-3H3. The van der Waals surface area contributed by atoms with Crippen LogP contribution in [0.5, 0.6) is 0 Å². The van der Waals surface area contributed by atoms with Gasteiger partial charge in [-0.2, -0.15) is 0 Å². The maximum Gasteiger partial charge on any atom is 0.240 e. The highest BCUT2D eigenvalue weighted by Crippen LogP contribution is 2.27. The van der Waals surface area contributed by atoms with Gasteiger partial charge < -0.3 is 0 Å². The molecular weight excluding hydrogens is 318 g/mol. The first-order valence-electron chi connectivity index (χ1n) is 6.87. The predicted molar refractivity (Wildman–Crippen MR) is 89.0 cm³/mol. The van der Waals surface area contributed by atoms with Crippen LogP contribution in [0.1, 0.15) is 36.0 Å². The van der Waals surface area contributed by atoms with Crippen molar-refractivity contribution in [3.05, 3.63) is 52.2 Å². The van der Waals surface area contributed by atoms with Gasteiger partial charge in [0.25, 0.3) is 0 Å². The van der Waals surface area contributed by atoms with Crippen LogP contribution in [0.25, 0.3) is 0 Å². The van der Waals surface area contributed by atoms with Gasteiger partial charge >= 0.3 is 0 Å². The Morgan fingerprint density at radius 2 is 1.95 bits per heavy atom. The number of sulfonamides is 1. The molecule has 0 aliphatic rings. The molecule has 22 heavy (non-hydrogen) atoms. The van der Waals surface area contributed by atoms with Crippen LogP contribution in [-0.4, -0.2) is 20.7 Å². The van der Waals surface area contributed by atoms with Crippen molar-refractivity contribution in [1.29, 1.82) is 0 Å². The van der Waals surface area contributed by atoms with Gasteiger partial charge in [-0.15, -0.1) is 11.3 Å². The van der Waals surface area contributed by atoms with E-state index in [4.69, 9.17) is 0 Å². The lowest BCUT2D eigenvalue weighted by atomic mass is 9.92. The molecule has 118 valence electrons. The molecule has 0 saturated heterocycles. The second-order valence-electron chi connectivity index (χ2n) is 5.77. The topological polar surface area (TPSA) is 63.2 Å². The zero-order chi connectivity index (χ0) is 16.4. The summed E-state index contributed by atoms with van der Waals surface area (Å²) in [5.41, 5.74) is 0.0970. The fraction of sp³-hybridized carbons (Fsp3) is 0.312. The maximum atomic E-state index is 12.4. The Morgan fingerprint density at radius 1 is 1.23 bits per heavy atom. The summed E-state index contributed by atoms with van der Waals surface area (Å²) in [7, 11) is -3.64. The Hall–Kier alpha value is -1.50. The van der Waals surface area contributed by atoms with E-state index in [2.05, 4.69) is 4.72 Å². The second-order valence-corrected chi connectivity index (χ2v) is 8.48. The summed E-state index contributed by atoms with van der Waals surface area (Å²) in [6, 6.07) is 10.0. The summed E-state index contributed by atoms with van der Waals surface area (Å²) in [6.45, 7) is 5.69. The lowest BCUT2D eigenvalue weighted by Crippen LogP contribution is -2.36. The van der Waals surface area contributed by atoms with Crippen molar-refractivity contribution in [1.82, 2.24) is 4.72 Å². The molecule has 0 aliphatic heterocycles. The smallest absolute Gasteiger partial charge is 0.240 e. The van der Waals surface area contributed by atoms with Crippen molar-refractivity contribution in [2.24, 2.45) is 0 Å². The van der Waals surface area contributed by atoms with Crippen LogP contribution in [0.4, 0.5) is 0 Å². The van der Waals surface area contributed by atoms with E-state index in [-0.39, 0.29) is 16.1 Å². The minimum absolute atomic E-state index is 0.113. The number of hydrogen-bond acceptors (Lipinski definition) is 4. The van der Waals surface area contributed by atoms with Gasteiger partial charge in [0.15, 0.2) is 5.78 Å². The van der Waals surface area contributed by atoms with Crippen LogP contribution in [0.15, 0.2) is 46.7 Å². The number of hydrogen-bond donors (Lipinski definition) is 1. The zero-order valence-corrected chi connectivity index (χ0v) is 14.4. The van der Waals surface area contributed by atoms with Gasteiger partial charge in [-0.25, -0.2) is 13.1 Å². The number of rotatable bonds is 6. The van der Waals surface area contributed by atoms with E-state index in [0.29, 0.717) is 12.1 Å². The van der Waals surface area contributed by atoms with E-state index >= 15 is 0 Å². The highest BCUT2D eigenvalue weighted by molar-refractivity contribution is 7.89. The third kappa shape index (κ3) is 3.82. The van der Waals surface area contributed by atoms with Crippen LogP contribution >= 0.6 is 11.3 Å². The van der Waals surface area contributed by atoms with Gasteiger partial charge in [0.2, 0.25) is 10.0 Å². The number of nitrogens with one attached hydrogen (secondary N) is 1. The minimum Gasteiger partial charge on any atom is -0.295 e. The first kappa shape index (κ1) is 16.9. The fourth-order valence-electron chi connectivity index (χ4n) is 1.99. The van der Waals surface area contributed by atoms with Crippen molar-refractivity contribution < 1.29 is 13.2 Å². The van der Waals surface area contributed by atoms with E-state index in [0.717, 1.165) is 4.88 Å². The van der Waals surface area contributed by atoms with E-state index in [9.17, 15) is 13.2 Å². The van der Waals surface area contributed by atoms with Crippen LogP contribution < -0.4 is 4.72 Å². The number of carbonyl (C=O) groups is 1. The molecule has 0 unspecified atom stereocenters. The average Bonchev–Trinajstić information content (AvgIpc) is 3.01. The SMILES string of the molecule is CC(=O)c1cccc(S(=O)(=O)NCC(C)(C)c2cccs2)c1. The molecular formula is C16H19NO3S2. The maximum absolute atomic E-state index is 12.4. The molecule has 1 heterocycles. The van der Waals surface area contributed by atoms with E-state index in [1.807, 2.05) is 31.4 Å². The molecule has 2 aromatic rings. The lowest BCUT2D eigenvalue weighted by molar-refractivity contribution is 0.101. The van der Waals surface area contributed by atoms with Gasteiger partial charge in [0, 0.05) is 22.4 Å². The third-order valence-electron chi connectivity index (χ3n) is 3.44. The lowest BCUT2D eigenvalue weighted by Gasteiger charge is -2.23. The van der Waals surface area contributed by atoms with Crippen LogP contribution in [0.2, 0.25) is 0 Å². The Kier molecular flexibility index (Phi) is 4.84. The average molecular weight is 337 g/mol. The number of Topliss-reactive ketones (excluding diaryl/α,β-unsaturated/α-hetero) is 1. The molecule has 0 amide bonds. The first-order chi connectivity index (χ1) is 10.2. The highest BCUT2D eigenvalue weighted by atomic mass is 32.2. The zero-order valence-electron chi connectivity index (χ0n) is 12.8.